The van der Waals surface area contributed by atoms with Crippen molar-refractivity contribution in [1.29, 1.82) is 0 Å². The Morgan fingerprint density at radius 2 is 1.65 bits per heavy atom. The van der Waals surface area contributed by atoms with Gasteiger partial charge in [-0.3, -0.25) is 4.79 Å². The first kappa shape index (κ1) is 18.1. The lowest BCUT2D eigenvalue weighted by molar-refractivity contribution is -0.137. The molecule has 7 heteroatoms. The third kappa shape index (κ3) is 4.68. The minimum absolute atomic E-state index is 0.134. The zero-order chi connectivity index (χ0) is 18.6. The van der Waals surface area contributed by atoms with Gasteiger partial charge in [0.15, 0.2) is 11.5 Å². The van der Waals surface area contributed by atoms with Crippen molar-refractivity contribution in [2.75, 3.05) is 13.3 Å². The van der Waals surface area contributed by atoms with Gasteiger partial charge in [0.1, 0.15) is 0 Å². The predicted octanol–water partition coefficient (Wildman–Crippen LogP) is 3.73. The lowest BCUT2D eigenvalue weighted by Crippen LogP contribution is -2.25. The van der Waals surface area contributed by atoms with E-state index in [9.17, 15) is 18.0 Å². The van der Waals surface area contributed by atoms with E-state index in [-0.39, 0.29) is 19.1 Å². The number of carbonyl (C=O) groups excluding carboxylic acids is 1. The Bertz CT molecular complexity index is 773. The fourth-order valence-electron chi connectivity index (χ4n) is 2.65. The van der Waals surface area contributed by atoms with Crippen molar-refractivity contribution in [2.24, 2.45) is 0 Å². The van der Waals surface area contributed by atoms with Gasteiger partial charge in [0.25, 0.3) is 0 Å². The van der Waals surface area contributed by atoms with Crippen LogP contribution in [-0.4, -0.2) is 19.2 Å². The fraction of sp³-hybridized carbons (Fsp3) is 0.316. The van der Waals surface area contributed by atoms with Crippen molar-refractivity contribution >= 4 is 5.91 Å². The van der Waals surface area contributed by atoms with E-state index in [0.29, 0.717) is 36.4 Å². The summed E-state index contributed by atoms with van der Waals surface area (Å²) < 4.78 is 48.1. The van der Waals surface area contributed by atoms with Gasteiger partial charge in [-0.2, -0.15) is 13.2 Å². The van der Waals surface area contributed by atoms with Gasteiger partial charge in [-0.05, 0) is 48.2 Å². The van der Waals surface area contributed by atoms with Gasteiger partial charge in [-0.25, -0.2) is 0 Å². The first-order valence-corrected chi connectivity index (χ1v) is 8.23. The first-order valence-electron chi connectivity index (χ1n) is 8.23. The molecule has 1 aliphatic heterocycles. The normalized spacial score (nSPS) is 12.9. The Labute approximate surface area is 148 Å². The molecule has 0 spiro atoms. The van der Waals surface area contributed by atoms with Crippen LogP contribution in [0, 0.1) is 0 Å². The molecule has 26 heavy (non-hydrogen) atoms. The van der Waals surface area contributed by atoms with Gasteiger partial charge in [0, 0.05) is 13.0 Å². The highest BCUT2D eigenvalue weighted by Gasteiger charge is 2.29. The number of amides is 1. The molecule has 3 rings (SSSR count). The summed E-state index contributed by atoms with van der Waals surface area (Å²) in [6.07, 6.45) is -3.06. The number of halogens is 3. The smallest absolute Gasteiger partial charge is 0.416 e. The van der Waals surface area contributed by atoms with Crippen LogP contribution in [0.5, 0.6) is 11.5 Å². The second kappa shape index (κ2) is 7.68. The molecule has 0 aromatic heterocycles. The van der Waals surface area contributed by atoms with Crippen LogP contribution in [0.1, 0.15) is 23.1 Å². The average Bonchev–Trinajstić information content (AvgIpc) is 3.07. The van der Waals surface area contributed by atoms with Gasteiger partial charge in [-0.1, -0.05) is 18.2 Å². The van der Waals surface area contributed by atoms with Crippen molar-refractivity contribution in [3.63, 3.8) is 0 Å². The number of rotatable bonds is 6. The quantitative estimate of drug-likeness (QED) is 0.849. The van der Waals surface area contributed by atoms with Crippen molar-refractivity contribution in [3.05, 3.63) is 59.2 Å². The van der Waals surface area contributed by atoms with Crippen LogP contribution in [0.25, 0.3) is 0 Å². The Balaban J connectivity index is 1.40. The topological polar surface area (TPSA) is 47.6 Å². The summed E-state index contributed by atoms with van der Waals surface area (Å²) in [6, 6.07) is 10.5. The maximum atomic E-state index is 12.5. The fourth-order valence-corrected chi connectivity index (χ4v) is 2.65. The summed E-state index contributed by atoms with van der Waals surface area (Å²) in [4.78, 5) is 11.9. The zero-order valence-corrected chi connectivity index (χ0v) is 13.9. The minimum atomic E-state index is -4.34. The minimum Gasteiger partial charge on any atom is -0.454 e. The molecule has 0 bridgehead atoms. The van der Waals surface area contributed by atoms with E-state index in [2.05, 4.69) is 5.32 Å². The first-order chi connectivity index (χ1) is 12.4. The molecule has 2 aromatic carbocycles. The van der Waals surface area contributed by atoms with Crippen molar-refractivity contribution < 1.29 is 27.4 Å². The standard InChI is InChI=1S/C19H18F3NO3/c20-19(21,22)15-5-1-13(2-6-15)4-8-18(24)23-10-9-14-3-7-16-17(11-14)26-12-25-16/h1-3,5-7,11H,4,8-10,12H2,(H,23,24). The van der Waals surface area contributed by atoms with E-state index < -0.39 is 11.7 Å². The van der Waals surface area contributed by atoms with Crippen molar-refractivity contribution in [3.8, 4) is 11.5 Å². The van der Waals surface area contributed by atoms with Crippen LogP contribution in [0.15, 0.2) is 42.5 Å². The summed E-state index contributed by atoms with van der Waals surface area (Å²) in [5.74, 6) is 1.29. The molecule has 0 unspecified atom stereocenters. The Kier molecular flexibility index (Phi) is 5.35. The van der Waals surface area contributed by atoms with Gasteiger partial charge in [0.05, 0.1) is 5.56 Å². The second-order valence-corrected chi connectivity index (χ2v) is 5.98. The molecular formula is C19H18F3NO3. The Hall–Kier alpha value is -2.70. The van der Waals surface area contributed by atoms with E-state index in [1.165, 1.54) is 12.1 Å². The monoisotopic (exact) mass is 365 g/mol. The van der Waals surface area contributed by atoms with Crippen LogP contribution in [0.3, 0.4) is 0 Å². The number of carbonyl (C=O) groups is 1. The lowest BCUT2D eigenvalue weighted by Gasteiger charge is -2.08. The molecule has 0 atom stereocenters. The molecule has 138 valence electrons. The molecule has 1 heterocycles. The molecule has 1 N–H and O–H groups in total. The third-order valence-corrected chi connectivity index (χ3v) is 4.09. The Morgan fingerprint density at radius 3 is 2.38 bits per heavy atom. The van der Waals surface area contributed by atoms with E-state index in [0.717, 1.165) is 17.7 Å². The predicted molar refractivity (Wildman–Crippen MR) is 89.0 cm³/mol. The molecule has 0 fully saturated rings. The number of alkyl halides is 3. The highest BCUT2D eigenvalue weighted by Crippen LogP contribution is 2.32. The molecule has 0 saturated heterocycles. The van der Waals surface area contributed by atoms with Gasteiger partial charge in [0.2, 0.25) is 12.7 Å². The molecule has 2 aromatic rings. The average molecular weight is 365 g/mol. The number of benzene rings is 2. The number of nitrogens with one attached hydrogen (secondary N) is 1. The van der Waals surface area contributed by atoms with Gasteiger partial charge < -0.3 is 14.8 Å². The van der Waals surface area contributed by atoms with E-state index in [1.54, 1.807) is 0 Å². The summed E-state index contributed by atoms with van der Waals surface area (Å²) >= 11 is 0. The molecule has 1 amide bonds. The molecular weight excluding hydrogens is 347 g/mol. The second-order valence-electron chi connectivity index (χ2n) is 5.98. The van der Waals surface area contributed by atoms with Crippen LogP contribution in [0.4, 0.5) is 13.2 Å². The number of fused-ring (bicyclic) bond motifs is 1. The number of hydrogen-bond acceptors (Lipinski definition) is 3. The lowest BCUT2D eigenvalue weighted by atomic mass is 10.1. The zero-order valence-electron chi connectivity index (χ0n) is 13.9. The Morgan fingerprint density at radius 1 is 0.962 bits per heavy atom. The van der Waals surface area contributed by atoms with Gasteiger partial charge >= 0.3 is 6.18 Å². The summed E-state index contributed by atoms with van der Waals surface area (Å²) in [6.45, 7) is 0.699. The largest absolute Gasteiger partial charge is 0.454 e. The van der Waals surface area contributed by atoms with E-state index in [1.807, 2.05) is 18.2 Å². The summed E-state index contributed by atoms with van der Waals surface area (Å²) in [5, 5.41) is 2.81. The van der Waals surface area contributed by atoms with Crippen molar-refractivity contribution in [2.45, 2.75) is 25.4 Å². The number of hydrogen-bond donors (Lipinski definition) is 1. The molecule has 1 aliphatic rings. The SMILES string of the molecule is O=C(CCc1ccc(C(F)(F)F)cc1)NCCc1ccc2c(c1)OCO2. The summed E-state index contributed by atoms with van der Waals surface area (Å²) in [5.41, 5.74) is 1.04. The van der Waals surface area contributed by atoms with Crippen LogP contribution >= 0.6 is 0 Å². The number of ether oxygens (including phenoxy) is 2. The highest BCUT2D eigenvalue weighted by molar-refractivity contribution is 5.76. The van der Waals surface area contributed by atoms with Crippen molar-refractivity contribution in [1.82, 2.24) is 5.32 Å². The molecule has 0 aliphatic carbocycles. The maximum Gasteiger partial charge on any atom is 0.416 e. The summed E-state index contributed by atoms with van der Waals surface area (Å²) in [7, 11) is 0. The third-order valence-electron chi connectivity index (χ3n) is 4.09. The van der Waals surface area contributed by atoms with E-state index >= 15 is 0 Å². The number of aryl methyl sites for hydroxylation is 1. The highest BCUT2D eigenvalue weighted by atomic mass is 19.4. The van der Waals surface area contributed by atoms with Crippen LogP contribution < -0.4 is 14.8 Å². The molecule has 4 nitrogen and oxygen atoms in total. The van der Waals surface area contributed by atoms with Crippen LogP contribution in [0.2, 0.25) is 0 Å². The van der Waals surface area contributed by atoms with Gasteiger partial charge in [-0.15, -0.1) is 0 Å². The molecule has 0 saturated carbocycles. The van der Waals surface area contributed by atoms with E-state index in [4.69, 9.17) is 9.47 Å². The van der Waals surface area contributed by atoms with Crippen LogP contribution in [-0.2, 0) is 23.8 Å². The maximum absolute atomic E-state index is 12.5. The molecule has 0 radical (unpaired) electrons.